The zero-order chi connectivity index (χ0) is 10.2. The Morgan fingerprint density at radius 2 is 1.69 bits per heavy atom. The zero-order valence-corrected chi connectivity index (χ0v) is 9.11. The maximum absolute atomic E-state index is 13.6. The van der Waals surface area contributed by atoms with Crippen LogP contribution >= 0.6 is 0 Å². The monoisotopic (exact) mass is 189 g/mol. The highest BCUT2D eigenvalue weighted by atomic mass is 19.1. The summed E-state index contributed by atoms with van der Waals surface area (Å²) in [5, 5.41) is 0. The van der Waals surface area contributed by atoms with Gasteiger partial charge in [0.2, 0.25) is 0 Å². The first-order chi connectivity index (χ1) is 6.18. The van der Waals surface area contributed by atoms with Gasteiger partial charge in [0, 0.05) is 6.54 Å². The average Bonchev–Trinajstić information content (AvgIpc) is 2.17. The van der Waals surface area contributed by atoms with Crippen LogP contribution in [0.1, 0.15) is 58.8 Å². The van der Waals surface area contributed by atoms with Gasteiger partial charge in [-0.1, -0.05) is 46.0 Å². The van der Waals surface area contributed by atoms with Crippen LogP contribution in [0.4, 0.5) is 4.39 Å². The van der Waals surface area contributed by atoms with Crippen LogP contribution in [0.15, 0.2) is 0 Å². The Morgan fingerprint density at radius 1 is 1.08 bits per heavy atom. The van der Waals surface area contributed by atoms with Crippen molar-refractivity contribution >= 4 is 0 Å². The van der Waals surface area contributed by atoms with Crippen molar-refractivity contribution in [2.45, 2.75) is 64.5 Å². The second kappa shape index (κ2) is 7.31. The zero-order valence-electron chi connectivity index (χ0n) is 9.11. The molecule has 2 N–H and O–H groups in total. The largest absolute Gasteiger partial charge is 0.328 e. The summed E-state index contributed by atoms with van der Waals surface area (Å²) in [5.41, 5.74) is 4.29. The van der Waals surface area contributed by atoms with E-state index in [0.29, 0.717) is 12.8 Å². The molecule has 0 aliphatic carbocycles. The van der Waals surface area contributed by atoms with Crippen LogP contribution < -0.4 is 5.73 Å². The highest BCUT2D eigenvalue weighted by Crippen LogP contribution is 2.22. The molecule has 0 amide bonds. The number of rotatable bonds is 8. The van der Waals surface area contributed by atoms with E-state index in [0.717, 1.165) is 12.8 Å². The lowest BCUT2D eigenvalue weighted by atomic mass is 9.95. The molecule has 2 heteroatoms. The molecule has 0 bridgehead atoms. The molecule has 0 saturated carbocycles. The molecule has 0 aliphatic rings. The minimum atomic E-state index is -1.09. The third-order valence-electron chi connectivity index (χ3n) is 2.73. The van der Waals surface area contributed by atoms with Crippen molar-refractivity contribution in [3.05, 3.63) is 0 Å². The Balaban J connectivity index is 3.39. The number of alkyl halides is 1. The molecule has 0 rings (SSSR count). The van der Waals surface area contributed by atoms with Crippen molar-refractivity contribution in [1.29, 1.82) is 0 Å². The molecule has 0 aromatic rings. The van der Waals surface area contributed by atoms with Crippen LogP contribution in [0.25, 0.3) is 0 Å². The Labute approximate surface area is 81.9 Å². The number of unbranched alkanes of at least 4 members (excludes halogenated alkanes) is 4. The summed E-state index contributed by atoms with van der Waals surface area (Å²) in [6.07, 6.45) is 7.09. The summed E-state index contributed by atoms with van der Waals surface area (Å²) in [7, 11) is 0. The second-order valence-corrected chi connectivity index (χ2v) is 3.87. The molecule has 0 saturated heterocycles. The molecule has 1 atom stereocenters. The van der Waals surface area contributed by atoms with Gasteiger partial charge < -0.3 is 5.73 Å². The SMILES string of the molecule is CCCCCCCC(F)(CC)CN. The summed E-state index contributed by atoms with van der Waals surface area (Å²) >= 11 is 0. The Kier molecular flexibility index (Phi) is 7.25. The fourth-order valence-electron chi connectivity index (χ4n) is 1.47. The molecule has 0 heterocycles. The molecule has 1 nitrogen and oxygen atoms in total. The fraction of sp³-hybridized carbons (Fsp3) is 1.00. The van der Waals surface area contributed by atoms with E-state index >= 15 is 0 Å². The van der Waals surface area contributed by atoms with Crippen LogP contribution in [0.2, 0.25) is 0 Å². The van der Waals surface area contributed by atoms with E-state index in [4.69, 9.17) is 5.73 Å². The van der Waals surface area contributed by atoms with Gasteiger partial charge in [-0.05, 0) is 12.8 Å². The summed E-state index contributed by atoms with van der Waals surface area (Å²) in [4.78, 5) is 0. The minimum Gasteiger partial charge on any atom is -0.328 e. The van der Waals surface area contributed by atoms with Gasteiger partial charge in [-0.15, -0.1) is 0 Å². The van der Waals surface area contributed by atoms with Gasteiger partial charge in [0.25, 0.3) is 0 Å². The molecule has 0 fully saturated rings. The highest BCUT2D eigenvalue weighted by molar-refractivity contribution is 4.77. The smallest absolute Gasteiger partial charge is 0.122 e. The number of nitrogens with two attached hydrogens (primary N) is 1. The van der Waals surface area contributed by atoms with Gasteiger partial charge in [-0.2, -0.15) is 0 Å². The first-order valence-corrected chi connectivity index (χ1v) is 5.57. The first kappa shape index (κ1) is 12.9. The number of hydrogen-bond donors (Lipinski definition) is 1. The van der Waals surface area contributed by atoms with Crippen molar-refractivity contribution in [2.75, 3.05) is 6.54 Å². The summed E-state index contributed by atoms with van der Waals surface area (Å²) < 4.78 is 13.6. The van der Waals surface area contributed by atoms with Crippen molar-refractivity contribution in [1.82, 2.24) is 0 Å². The van der Waals surface area contributed by atoms with E-state index in [2.05, 4.69) is 6.92 Å². The molecule has 0 aromatic carbocycles. The van der Waals surface area contributed by atoms with Gasteiger partial charge in [0.05, 0.1) is 0 Å². The molecule has 13 heavy (non-hydrogen) atoms. The first-order valence-electron chi connectivity index (χ1n) is 5.57. The van der Waals surface area contributed by atoms with Crippen molar-refractivity contribution in [3.8, 4) is 0 Å². The average molecular weight is 189 g/mol. The number of halogens is 1. The molecule has 1 unspecified atom stereocenters. The predicted octanol–water partition coefficient (Wildman–Crippen LogP) is 3.42. The highest BCUT2D eigenvalue weighted by Gasteiger charge is 2.24. The maximum Gasteiger partial charge on any atom is 0.122 e. The maximum atomic E-state index is 13.6. The van der Waals surface area contributed by atoms with Gasteiger partial charge in [-0.3, -0.25) is 0 Å². The Hall–Kier alpha value is -0.110. The summed E-state index contributed by atoms with van der Waals surface area (Å²) in [6.45, 7) is 4.24. The molecule has 0 aliphatic heterocycles. The van der Waals surface area contributed by atoms with Crippen molar-refractivity contribution in [3.63, 3.8) is 0 Å². The van der Waals surface area contributed by atoms with Crippen LogP contribution in [0.3, 0.4) is 0 Å². The number of hydrogen-bond acceptors (Lipinski definition) is 1. The molecule has 0 spiro atoms. The predicted molar refractivity (Wildman–Crippen MR) is 56.6 cm³/mol. The molecule has 0 radical (unpaired) electrons. The fourth-order valence-corrected chi connectivity index (χ4v) is 1.47. The summed E-state index contributed by atoms with van der Waals surface area (Å²) in [5.74, 6) is 0. The van der Waals surface area contributed by atoms with E-state index in [1.807, 2.05) is 6.92 Å². The molecule has 80 valence electrons. The quantitative estimate of drug-likeness (QED) is 0.582. The molecular formula is C11H24FN. The van der Waals surface area contributed by atoms with Crippen LogP contribution in [0.5, 0.6) is 0 Å². The van der Waals surface area contributed by atoms with Crippen molar-refractivity contribution < 1.29 is 4.39 Å². The lowest BCUT2D eigenvalue weighted by Gasteiger charge is -2.21. The topological polar surface area (TPSA) is 26.0 Å². The van der Waals surface area contributed by atoms with E-state index < -0.39 is 5.67 Å². The molecular weight excluding hydrogens is 165 g/mol. The van der Waals surface area contributed by atoms with Crippen molar-refractivity contribution in [2.24, 2.45) is 5.73 Å². The van der Waals surface area contributed by atoms with Gasteiger partial charge >= 0.3 is 0 Å². The summed E-state index contributed by atoms with van der Waals surface area (Å²) in [6, 6.07) is 0. The normalized spacial score (nSPS) is 15.7. The standard InChI is InChI=1S/C11H24FN/c1-3-5-6-7-8-9-11(12,4-2)10-13/h3-10,13H2,1-2H3. The Bertz CT molecular complexity index is 111. The van der Waals surface area contributed by atoms with E-state index in [9.17, 15) is 4.39 Å². The third kappa shape index (κ3) is 6.03. The van der Waals surface area contributed by atoms with Gasteiger partial charge in [0.1, 0.15) is 5.67 Å². The second-order valence-electron chi connectivity index (χ2n) is 3.87. The Morgan fingerprint density at radius 3 is 2.15 bits per heavy atom. The lowest BCUT2D eigenvalue weighted by Crippen LogP contribution is -2.32. The van der Waals surface area contributed by atoms with E-state index in [1.54, 1.807) is 0 Å². The lowest BCUT2D eigenvalue weighted by molar-refractivity contribution is 0.149. The molecule has 0 aromatic heterocycles. The van der Waals surface area contributed by atoms with E-state index in [1.165, 1.54) is 19.3 Å². The minimum absolute atomic E-state index is 0.178. The van der Waals surface area contributed by atoms with Gasteiger partial charge in [-0.25, -0.2) is 4.39 Å². The van der Waals surface area contributed by atoms with E-state index in [-0.39, 0.29) is 6.54 Å². The van der Waals surface area contributed by atoms with Crippen LogP contribution in [-0.4, -0.2) is 12.2 Å². The van der Waals surface area contributed by atoms with Crippen LogP contribution in [-0.2, 0) is 0 Å². The van der Waals surface area contributed by atoms with Gasteiger partial charge in [0.15, 0.2) is 0 Å². The van der Waals surface area contributed by atoms with Crippen LogP contribution in [0, 0.1) is 0 Å². The third-order valence-corrected chi connectivity index (χ3v) is 2.73.